The maximum atomic E-state index is 11.7. The van der Waals surface area contributed by atoms with E-state index in [-0.39, 0.29) is 12.4 Å². The highest BCUT2D eigenvalue weighted by Gasteiger charge is 2.21. The summed E-state index contributed by atoms with van der Waals surface area (Å²) >= 11 is 0. The van der Waals surface area contributed by atoms with Crippen molar-refractivity contribution in [3.05, 3.63) is 12.2 Å². The number of carboxylic acids is 1. The van der Waals surface area contributed by atoms with Crippen molar-refractivity contribution in [2.45, 2.75) is 200 Å². The summed E-state index contributed by atoms with van der Waals surface area (Å²) in [6, 6.07) is 0. The fourth-order valence-electron chi connectivity index (χ4n) is 5.55. The van der Waals surface area contributed by atoms with E-state index in [2.05, 4.69) is 19.1 Å². The molecule has 0 aliphatic rings. The first-order valence-corrected chi connectivity index (χ1v) is 18.1. The number of carbonyl (C=O) groups is 2. The average molecular weight is 579 g/mol. The van der Waals surface area contributed by atoms with E-state index >= 15 is 0 Å². The Morgan fingerprint density at radius 3 is 1.27 bits per heavy atom. The van der Waals surface area contributed by atoms with Crippen molar-refractivity contribution >= 4 is 11.9 Å². The standard InChI is InChI=1S/C37H70O4/c1-3-5-6-7-8-9-10-11-12-13-14-15-16-17-18-19-20-21-22-23-24-25-26-27-28-29-30-31-32-35(37(39)40)34-36(38)41-33-4-2/h8-9,35H,3-7,10-34H2,1-2H3,(H,39,40)/b9-8+. The first-order chi connectivity index (χ1) is 20.1. The lowest BCUT2D eigenvalue weighted by molar-refractivity contribution is -0.151. The number of aliphatic carboxylic acids is 1. The van der Waals surface area contributed by atoms with Crippen molar-refractivity contribution in [3.8, 4) is 0 Å². The fraction of sp³-hybridized carbons (Fsp3) is 0.892. The van der Waals surface area contributed by atoms with Gasteiger partial charge in [-0.15, -0.1) is 0 Å². The number of hydrogen-bond acceptors (Lipinski definition) is 3. The van der Waals surface area contributed by atoms with Gasteiger partial charge in [-0.1, -0.05) is 167 Å². The molecule has 4 nitrogen and oxygen atoms in total. The van der Waals surface area contributed by atoms with Crippen molar-refractivity contribution in [1.82, 2.24) is 0 Å². The molecule has 0 radical (unpaired) electrons. The van der Waals surface area contributed by atoms with E-state index in [1.54, 1.807) is 0 Å². The molecule has 0 heterocycles. The molecule has 0 saturated heterocycles. The van der Waals surface area contributed by atoms with Crippen LogP contribution in [0.1, 0.15) is 200 Å². The smallest absolute Gasteiger partial charge is 0.307 e. The van der Waals surface area contributed by atoms with Crippen molar-refractivity contribution in [2.75, 3.05) is 6.61 Å². The minimum absolute atomic E-state index is 0.00735. The number of ether oxygens (including phenoxy) is 1. The molecule has 0 fully saturated rings. The molecule has 0 aliphatic heterocycles. The molecule has 0 rings (SSSR count). The van der Waals surface area contributed by atoms with Crippen LogP contribution in [0.15, 0.2) is 12.2 Å². The van der Waals surface area contributed by atoms with Gasteiger partial charge in [0.05, 0.1) is 18.9 Å². The highest BCUT2D eigenvalue weighted by Crippen LogP contribution is 2.18. The summed E-state index contributed by atoms with van der Waals surface area (Å²) in [6.45, 7) is 4.58. The van der Waals surface area contributed by atoms with Gasteiger partial charge in [0.1, 0.15) is 0 Å². The van der Waals surface area contributed by atoms with E-state index in [0.29, 0.717) is 13.0 Å². The molecule has 0 spiro atoms. The average Bonchev–Trinajstić information content (AvgIpc) is 2.96. The zero-order chi connectivity index (χ0) is 30.1. The van der Waals surface area contributed by atoms with Gasteiger partial charge >= 0.3 is 11.9 Å². The topological polar surface area (TPSA) is 63.6 Å². The van der Waals surface area contributed by atoms with Crippen LogP contribution in [0.4, 0.5) is 0 Å². The third kappa shape index (κ3) is 31.4. The molecule has 0 aliphatic carbocycles. The van der Waals surface area contributed by atoms with Gasteiger partial charge in [-0.3, -0.25) is 9.59 Å². The van der Waals surface area contributed by atoms with Gasteiger partial charge in [-0.2, -0.15) is 0 Å². The molecule has 0 amide bonds. The lowest BCUT2D eigenvalue weighted by Gasteiger charge is -2.11. The van der Waals surface area contributed by atoms with Crippen LogP contribution in [0, 0.1) is 5.92 Å². The number of unbranched alkanes of at least 4 members (excludes halogenated alkanes) is 24. The van der Waals surface area contributed by atoms with E-state index < -0.39 is 11.9 Å². The molecule has 0 saturated carbocycles. The first kappa shape index (κ1) is 39.7. The third-order valence-electron chi connectivity index (χ3n) is 8.29. The van der Waals surface area contributed by atoms with Crippen molar-refractivity contribution in [2.24, 2.45) is 5.92 Å². The Kier molecular flexibility index (Phi) is 32.1. The van der Waals surface area contributed by atoms with Crippen LogP contribution in [0.5, 0.6) is 0 Å². The van der Waals surface area contributed by atoms with Gasteiger partial charge in [0, 0.05) is 0 Å². The zero-order valence-corrected chi connectivity index (χ0v) is 27.6. The lowest BCUT2D eigenvalue weighted by Crippen LogP contribution is -2.19. The summed E-state index contributed by atoms with van der Waals surface area (Å²) in [6.07, 6.45) is 41.0. The Morgan fingerprint density at radius 1 is 0.537 bits per heavy atom. The molecule has 4 heteroatoms. The van der Waals surface area contributed by atoms with Crippen molar-refractivity contribution in [3.63, 3.8) is 0 Å². The van der Waals surface area contributed by atoms with Crippen LogP contribution in [0.25, 0.3) is 0 Å². The second-order valence-corrected chi connectivity index (χ2v) is 12.4. The third-order valence-corrected chi connectivity index (χ3v) is 8.29. The van der Waals surface area contributed by atoms with E-state index in [1.807, 2.05) is 6.92 Å². The molecular formula is C37H70O4. The van der Waals surface area contributed by atoms with E-state index in [0.717, 1.165) is 19.3 Å². The Hall–Kier alpha value is -1.32. The number of carbonyl (C=O) groups excluding carboxylic acids is 1. The first-order valence-electron chi connectivity index (χ1n) is 18.1. The lowest BCUT2D eigenvalue weighted by atomic mass is 9.97. The molecule has 0 aromatic heterocycles. The van der Waals surface area contributed by atoms with Crippen LogP contribution in [0.2, 0.25) is 0 Å². The minimum Gasteiger partial charge on any atom is -0.481 e. The highest BCUT2D eigenvalue weighted by atomic mass is 16.5. The second kappa shape index (κ2) is 33.2. The van der Waals surface area contributed by atoms with Crippen LogP contribution in [0.3, 0.4) is 0 Å². The second-order valence-electron chi connectivity index (χ2n) is 12.4. The van der Waals surface area contributed by atoms with Crippen LogP contribution in [-0.4, -0.2) is 23.7 Å². The minimum atomic E-state index is -0.873. The van der Waals surface area contributed by atoms with Crippen LogP contribution < -0.4 is 0 Å². The largest absolute Gasteiger partial charge is 0.481 e. The monoisotopic (exact) mass is 579 g/mol. The van der Waals surface area contributed by atoms with Gasteiger partial charge in [0.25, 0.3) is 0 Å². The summed E-state index contributed by atoms with van der Waals surface area (Å²) in [5.41, 5.74) is 0. The predicted molar refractivity (Wildman–Crippen MR) is 176 cm³/mol. The SMILES string of the molecule is CCCCC/C=C/CCCCCCCCCCCCCCCCCCCCCCCC(CC(=O)OCCC)C(=O)O. The molecule has 1 atom stereocenters. The number of hydrogen-bond donors (Lipinski definition) is 1. The molecule has 0 aromatic rings. The summed E-state index contributed by atoms with van der Waals surface area (Å²) in [4.78, 5) is 23.1. The Bertz CT molecular complexity index is 585. The van der Waals surface area contributed by atoms with Gasteiger partial charge in [0.2, 0.25) is 0 Å². The zero-order valence-electron chi connectivity index (χ0n) is 27.6. The number of carboxylic acid groups (broad SMARTS) is 1. The number of esters is 1. The Labute approximate surface area is 255 Å². The summed E-state index contributed by atoms with van der Waals surface area (Å²) < 4.78 is 5.03. The quantitative estimate of drug-likeness (QED) is 0.0478. The van der Waals surface area contributed by atoms with Crippen molar-refractivity contribution < 1.29 is 19.4 Å². The van der Waals surface area contributed by atoms with E-state index in [4.69, 9.17) is 4.74 Å². The summed E-state index contributed by atoms with van der Waals surface area (Å²) in [7, 11) is 0. The van der Waals surface area contributed by atoms with Gasteiger partial charge in [-0.05, 0) is 38.5 Å². The number of rotatable bonds is 33. The molecule has 1 N–H and O–H groups in total. The summed E-state index contributed by atoms with van der Waals surface area (Å²) in [5.74, 6) is -1.85. The normalized spacial score (nSPS) is 12.2. The maximum Gasteiger partial charge on any atom is 0.307 e. The maximum absolute atomic E-state index is 11.7. The summed E-state index contributed by atoms with van der Waals surface area (Å²) in [5, 5.41) is 9.34. The predicted octanol–water partition coefficient (Wildman–Crippen LogP) is 12.1. The molecule has 0 aromatic carbocycles. The van der Waals surface area contributed by atoms with Crippen LogP contribution in [-0.2, 0) is 14.3 Å². The van der Waals surface area contributed by atoms with Gasteiger partial charge in [-0.25, -0.2) is 0 Å². The van der Waals surface area contributed by atoms with Crippen molar-refractivity contribution in [1.29, 1.82) is 0 Å². The Balaban J connectivity index is 3.27. The molecule has 41 heavy (non-hydrogen) atoms. The fourth-order valence-corrected chi connectivity index (χ4v) is 5.55. The number of allylic oxidation sites excluding steroid dienone is 2. The molecular weight excluding hydrogens is 508 g/mol. The van der Waals surface area contributed by atoms with E-state index in [9.17, 15) is 14.7 Å². The Morgan fingerprint density at radius 2 is 0.902 bits per heavy atom. The van der Waals surface area contributed by atoms with Crippen LogP contribution >= 0.6 is 0 Å². The molecule has 242 valence electrons. The van der Waals surface area contributed by atoms with Gasteiger partial charge < -0.3 is 9.84 Å². The molecule has 0 bridgehead atoms. The van der Waals surface area contributed by atoms with Gasteiger partial charge in [0.15, 0.2) is 0 Å². The molecule has 1 unspecified atom stereocenters. The highest BCUT2D eigenvalue weighted by molar-refractivity contribution is 5.78. The van der Waals surface area contributed by atoms with E-state index in [1.165, 1.54) is 154 Å².